The first kappa shape index (κ1) is 30.8. The summed E-state index contributed by atoms with van der Waals surface area (Å²) >= 11 is 0. The van der Waals surface area contributed by atoms with Crippen LogP contribution in [0.25, 0.3) is 0 Å². The minimum Gasteiger partial charge on any atom is -0.475 e. The van der Waals surface area contributed by atoms with E-state index in [-0.39, 0.29) is 6.42 Å². The molecule has 8 nitrogen and oxygen atoms in total. The van der Waals surface area contributed by atoms with Crippen molar-refractivity contribution in [3.63, 3.8) is 0 Å². The third kappa shape index (κ3) is 8.29. The minimum atomic E-state index is -5.08. The van der Waals surface area contributed by atoms with Crippen molar-refractivity contribution in [1.29, 1.82) is 0 Å². The van der Waals surface area contributed by atoms with Gasteiger partial charge in [-0.15, -0.1) is 0 Å². The van der Waals surface area contributed by atoms with E-state index < -0.39 is 35.6 Å². The maximum absolute atomic E-state index is 14.8. The number of halogens is 8. The summed E-state index contributed by atoms with van der Waals surface area (Å²) in [5.41, 5.74) is 0.986. The molecule has 1 atom stereocenters. The number of carboxylic acid groups (broad SMARTS) is 2. The molecular formula is C22H23F8N3O5. The fourth-order valence-electron chi connectivity index (χ4n) is 4.02. The number of furan rings is 1. The Labute approximate surface area is 210 Å². The SMILES string of the molecule is FC1(F)CCN(Cc2ccoc2)CC12CCN(c1cccnc1)C2.O=C(O)C(F)(F)F.O=C(O)C(F)(F)F. The molecule has 2 aliphatic heterocycles. The third-order valence-corrected chi connectivity index (χ3v) is 5.88. The van der Waals surface area contributed by atoms with Crippen molar-refractivity contribution in [3.05, 3.63) is 48.7 Å². The van der Waals surface area contributed by atoms with Gasteiger partial charge in [-0.05, 0) is 24.6 Å². The number of alkyl halides is 8. The predicted octanol–water partition coefficient (Wildman–Crippen LogP) is 4.68. The van der Waals surface area contributed by atoms with Crippen LogP contribution in [0.5, 0.6) is 0 Å². The van der Waals surface area contributed by atoms with Gasteiger partial charge in [0.1, 0.15) is 0 Å². The molecule has 0 amide bonds. The molecule has 2 N–H and O–H groups in total. The van der Waals surface area contributed by atoms with E-state index in [4.69, 9.17) is 24.2 Å². The number of aliphatic carboxylic acids is 2. The third-order valence-electron chi connectivity index (χ3n) is 5.88. The van der Waals surface area contributed by atoms with Gasteiger partial charge in [0.2, 0.25) is 0 Å². The first-order chi connectivity index (χ1) is 17.5. The molecule has 38 heavy (non-hydrogen) atoms. The molecule has 0 aliphatic carbocycles. The molecule has 2 fully saturated rings. The average molecular weight is 561 g/mol. The van der Waals surface area contributed by atoms with Crippen molar-refractivity contribution in [2.24, 2.45) is 5.41 Å². The van der Waals surface area contributed by atoms with Crippen molar-refractivity contribution in [1.82, 2.24) is 9.88 Å². The van der Waals surface area contributed by atoms with E-state index in [0.29, 0.717) is 39.1 Å². The van der Waals surface area contributed by atoms with Crippen LogP contribution in [-0.2, 0) is 16.1 Å². The number of carbonyl (C=O) groups is 2. The van der Waals surface area contributed by atoms with Gasteiger partial charge in [0.05, 0.1) is 29.8 Å². The fraction of sp³-hybridized carbons (Fsp3) is 0.500. The molecular weight excluding hydrogens is 538 g/mol. The summed E-state index contributed by atoms with van der Waals surface area (Å²) in [5.74, 6) is -8.14. The highest BCUT2D eigenvalue weighted by molar-refractivity contribution is 5.73. The lowest BCUT2D eigenvalue weighted by molar-refractivity contribution is -0.193. The number of carboxylic acids is 2. The molecule has 0 aromatic carbocycles. The van der Waals surface area contributed by atoms with Crippen LogP contribution in [0, 0.1) is 5.41 Å². The van der Waals surface area contributed by atoms with Crippen LogP contribution in [0.1, 0.15) is 18.4 Å². The number of nitrogens with zero attached hydrogens (tertiary/aromatic N) is 3. The average Bonchev–Trinajstić information content (AvgIpc) is 3.48. The Bertz CT molecular complexity index is 1020. The van der Waals surface area contributed by atoms with Gasteiger partial charge in [-0.25, -0.2) is 18.4 Å². The van der Waals surface area contributed by atoms with E-state index in [1.54, 1.807) is 24.9 Å². The van der Waals surface area contributed by atoms with Crippen LogP contribution in [0.4, 0.5) is 40.8 Å². The normalized spacial score (nSPS) is 21.2. The number of pyridine rings is 1. The Kier molecular flexibility index (Phi) is 9.69. The maximum atomic E-state index is 14.8. The summed E-state index contributed by atoms with van der Waals surface area (Å²) in [6.07, 6.45) is -2.96. The Morgan fingerprint density at radius 2 is 1.58 bits per heavy atom. The lowest BCUT2D eigenvalue weighted by Gasteiger charge is -2.46. The molecule has 0 saturated carbocycles. The number of aromatic nitrogens is 1. The summed E-state index contributed by atoms with van der Waals surface area (Å²) < 4.78 is 98.2. The van der Waals surface area contributed by atoms with Crippen molar-refractivity contribution in [3.8, 4) is 0 Å². The van der Waals surface area contributed by atoms with Crippen molar-refractivity contribution < 1.29 is 59.3 Å². The van der Waals surface area contributed by atoms with Gasteiger partial charge >= 0.3 is 24.3 Å². The molecule has 1 unspecified atom stereocenters. The Balaban J connectivity index is 0.000000301. The maximum Gasteiger partial charge on any atom is 0.490 e. The monoisotopic (exact) mass is 561 g/mol. The molecule has 2 aromatic rings. The van der Waals surface area contributed by atoms with Crippen LogP contribution in [0.2, 0.25) is 0 Å². The van der Waals surface area contributed by atoms with Crippen LogP contribution in [0.3, 0.4) is 0 Å². The second-order valence-corrected chi connectivity index (χ2v) is 8.57. The van der Waals surface area contributed by atoms with Gasteiger partial charge < -0.3 is 19.5 Å². The van der Waals surface area contributed by atoms with Crippen molar-refractivity contribution in [2.45, 2.75) is 37.7 Å². The van der Waals surface area contributed by atoms with Crippen LogP contribution >= 0.6 is 0 Å². The van der Waals surface area contributed by atoms with Crippen molar-refractivity contribution in [2.75, 3.05) is 31.1 Å². The number of rotatable bonds is 3. The molecule has 2 saturated heterocycles. The number of likely N-dealkylation sites (tertiary alicyclic amines) is 1. The topological polar surface area (TPSA) is 107 Å². The molecule has 0 radical (unpaired) electrons. The highest BCUT2D eigenvalue weighted by Crippen LogP contribution is 2.50. The van der Waals surface area contributed by atoms with E-state index >= 15 is 0 Å². The number of hydrogen-bond donors (Lipinski definition) is 2. The smallest absolute Gasteiger partial charge is 0.475 e. The molecule has 2 aliphatic rings. The lowest BCUT2D eigenvalue weighted by atomic mass is 9.75. The summed E-state index contributed by atoms with van der Waals surface area (Å²) in [6.45, 7) is 2.55. The van der Waals surface area contributed by atoms with Gasteiger partial charge in [-0.1, -0.05) is 0 Å². The van der Waals surface area contributed by atoms with Gasteiger partial charge in [0, 0.05) is 50.9 Å². The summed E-state index contributed by atoms with van der Waals surface area (Å²) in [7, 11) is 0. The highest BCUT2D eigenvalue weighted by Gasteiger charge is 2.59. The molecule has 1 spiro atoms. The number of hydrogen-bond acceptors (Lipinski definition) is 6. The van der Waals surface area contributed by atoms with E-state index in [9.17, 15) is 35.1 Å². The summed E-state index contributed by atoms with van der Waals surface area (Å²) in [6, 6.07) is 5.69. The van der Waals surface area contributed by atoms with E-state index in [0.717, 1.165) is 11.3 Å². The predicted molar refractivity (Wildman–Crippen MR) is 114 cm³/mol. The molecule has 16 heteroatoms. The zero-order valence-electron chi connectivity index (χ0n) is 19.5. The Morgan fingerprint density at radius 1 is 0.974 bits per heavy atom. The quantitative estimate of drug-likeness (QED) is 0.521. The molecule has 0 bridgehead atoms. The number of anilines is 1. The molecule has 4 rings (SSSR count). The Hall–Kier alpha value is -3.43. The van der Waals surface area contributed by atoms with Crippen molar-refractivity contribution >= 4 is 17.6 Å². The highest BCUT2D eigenvalue weighted by atomic mass is 19.4. The first-order valence-corrected chi connectivity index (χ1v) is 10.8. The molecule has 4 heterocycles. The minimum absolute atomic E-state index is 0.0776. The summed E-state index contributed by atoms with van der Waals surface area (Å²) in [5, 5.41) is 14.2. The van der Waals surface area contributed by atoms with E-state index in [1.165, 1.54) is 0 Å². The Morgan fingerprint density at radius 3 is 2.05 bits per heavy atom. The van der Waals surface area contributed by atoms with E-state index in [2.05, 4.69) is 9.88 Å². The van der Waals surface area contributed by atoms with Gasteiger partial charge in [0.25, 0.3) is 5.92 Å². The standard InChI is InChI=1S/C18H21F2N3O.2C2HF3O2/c19-18(20)5-7-22(11-15-3-9-24-12-15)13-17(18)4-8-23(14-17)16-2-1-6-21-10-16;2*3-2(4,5)1(6)7/h1-3,6,9-10,12H,4-5,7-8,11,13-14H2;2*(H,6,7). The summed E-state index contributed by atoms with van der Waals surface area (Å²) in [4.78, 5) is 26.1. The first-order valence-electron chi connectivity index (χ1n) is 10.8. The number of piperidine rings is 1. The molecule has 212 valence electrons. The van der Waals surface area contributed by atoms with E-state index in [1.807, 2.05) is 23.1 Å². The zero-order valence-corrected chi connectivity index (χ0v) is 19.5. The largest absolute Gasteiger partial charge is 0.490 e. The van der Waals surface area contributed by atoms with Crippen LogP contribution < -0.4 is 4.90 Å². The molecule has 2 aromatic heterocycles. The van der Waals surface area contributed by atoms with Gasteiger partial charge in [0.15, 0.2) is 0 Å². The van der Waals surface area contributed by atoms with Gasteiger partial charge in [-0.2, -0.15) is 26.3 Å². The second-order valence-electron chi connectivity index (χ2n) is 8.57. The van der Waals surface area contributed by atoms with Crippen LogP contribution in [0.15, 0.2) is 47.5 Å². The lowest BCUT2D eigenvalue weighted by Crippen LogP contribution is -2.56. The van der Waals surface area contributed by atoms with Crippen LogP contribution in [-0.4, -0.2) is 76.5 Å². The zero-order chi connectivity index (χ0) is 28.8. The second kappa shape index (κ2) is 12.0. The fourth-order valence-corrected chi connectivity index (χ4v) is 4.02. The van der Waals surface area contributed by atoms with Gasteiger partial charge in [-0.3, -0.25) is 9.88 Å².